The molecule has 0 bridgehead atoms. The fourth-order valence-corrected chi connectivity index (χ4v) is 5.76. The van der Waals surface area contributed by atoms with Gasteiger partial charge in [0.15, 0.2) is 0 Å². The van der Waals surface area contributed by atoms with Crippen molar-refractivity contribution in [3.63, 3.8) is 0 Å². The van der Waals surface area contributed by atoms with E-state index in [9.17, 15) is 17.6 Å². The number of amides is 1. The first-order valence-electron chi connectivity index (χ1n) is 9.90. The lowest BCUT2D eigenvalue weighted by Gasteiger charge is -2.23. The Kier molecular flexibility index (Phi) is 7.49. The van der Waals surface area contributed by atoms with Gasteiger partial charge in [0.2, 0.25) is 15.9 Å². The largest absolute Gasteiger partial charge is 0.351 e. The maximum Gasteiger partial charge on any atom is 0.243 e. The van der Waals surface area contributed by atoms with Gasteiger partial charge in [0, 0.05) is 25.0 Å². The van der Waals surface area contributed by atoms with Crippen molar-refractivity contribution < 1.29 is 17.6 Å². The van der Waals surface area contributed by atoms with Crippen molar-refractivity contribution in [3.05, 3.63) is 54.0 Å². The third-order valence-electron chi connectivity index (χ3n) is 4.76. The standard InChI is InChI=1S/C21H26FN3O3S2/c1-15(2)14-29-20-12-16(9-10-23-20)13-24-21(26)19-4-3-11-25(19)30(27,28)18-7-5-17(22)6-8-18/h5-10,12,15,19H,3-4,11,13-14H2,1-2H3,(H,24,26). The van der Waals surface area contributed by atoms with Gasteiger partial charge in [-0.15, -0.1) is 11.8 Å². The van der Waals surface area contributed by atoms with Crippen LogP contribution >= 0.6 is 11.8 Å². The average Bonchev–Trinajstić information content (AvgIpc) is 3.22. The van der Waals surface area contributed by atoms with E-state index >= 15 is 0 Å². The topological polar surface area (TPSA) is 79.4 Å². The predicted molar refractivity (Wildman–Crippen MR) is 115 cm³/mol. The number of aromatic nitrogens is 1. The Bertz CT molecular complexity index is 981. The lowest BCUT2D eigenvalue weighted by Crippen LogP contribution is -2.45. The van der Waals surface area contributed by atoms with Crippen molar-refractivity contribution in [3.8, 4) is 0 Å². The molecule has 1 atom stereocenters. The fourth-order valence-electron chi connectivity index (χ4n) is 3.23. The molecule has 9 heteroatoms. The van der Waals surface area contributed by atoms with Crippen molar-refractivity contribution in [1.82, 2.24) is 14.6 Å². The first-order valence-corrected chi connectivity index (χ1v) is 12.3. The Balaban J connectivity index is 1.65. The van der Waals surface area contributed by atoms with Crippen LogP contribution in [0.5, 0.6) is 0 Å². The van der Waals surface area contributed by atoms with Crippen molar-refractivity contribution in [2.24, 2.45) is 5.92 Å². The molecule has 0 radical (unpaired) electrons. The highest BCUT2D eigenvalue weighted by atomic mass is 32.2. The number of rotatable bonds is 8. The quantitative estimate of drug-likeness (QED) is 0.622. The molecule has 1 aliphatic rings. The maximum absolute atomic E-state index is 13.2. The van der Waals surface area contributed by atoms with Gasteiger partial charge in [-0.1, -0.05) is 13.8 Å². The van der Waals surface area contributed by atoms with E-state index in [1.54, 1.807) is 18.0 Å². The Hall–Kier alpha value is -1.97. The van der Waals surface area contributed by atoms with Crippen LogP contribution in [0.1, 0.15) is 32.3 Å². The Morgan fingerprint density at radius 2 is 2.03 bits per heavy atom. The molecule has 1 amide bonds. The Morgan fingerprint density at radius 1 is 1.30 bits per heavy atom. The third-order valence-corrected chi connectivity index (χ3v) is 8.03. The highest BCUT2D eigenvalue weighted by Gasteiger charge is 2.39. The molecule has 1 N–H and O–H groups in total. The van der Waals surface area contributed by atoms with E-state index in [-0.39, 0.29) is 17.3 Å². The molecule has 6 nitrogen and oxygen atoms in total. The van der Waals surface area contributed by atoms with Gasteiger partial charge in [-0.05, 0) is 60.7 Å². The molecular weight excluding hydrogens is 425 g/mol. The summed E-state index contributed by atoms with van der Waals surface area (Å²) in [5.74, 6) is 0.678. The van der Waals surface area contributed by atoms with Crippen LogP contribution in [-0.4, -0.2) is 42.0 Å². The number of hydrogen-bond acceptors (Lipinski definition) is 5. The van der Waals surface area contributed by atoms with Crippen molar-refractivity contribution in [2.45, 2.75) is 49.2 Å². The van der Waals surface area contributed by atoms with E-state index in [4.69, 9.17) is 0 Å². The number of pyridine rings is 1. The van der Waals surface area contributed by atoms with E-state index < -0.39 is 21.9 Å². The lowest BCUT2D eigenvalue weighted by molar-refractivity contribution is -0.124. The molecule has 1 aliphatic heterocycles. The maximum atomic E-state index is 13.2. The van der Waals surface area contributed by atoms with E-state index in [0.29, 0.717) is 25.3 Å². The van der Waals surface area contributed by atoms with Crippen LogP contribution in [0.25, 0.3) is 0 Å². The van der Waals surface area contributed by atoms with E-state index in [1.807, 2.05) is 12.1 Å². The molecule has 1 saturated heterocycles. The second kappa shape index (κ2) is 9.89. The first kappa shape index (κ1) is 22.7. The second-order valence-electron chi connectivity index (χ2n) is 7.65. The summed E-state index contributed by atoms with van der Waals surface area (Å²) in [7, 11) is -3.86. The van der Waals surface area contributed by atoms with Crippen LogP contribution in [0.3, 0.4) is 0 Å². The summed E-state index contributed by atoms with van der Waals surface area (Å²) < 4.78 is 40.2. The Morgan fingerprint density at radius 3 is 2.73 bits per heavy atom. The van der Waals surface area contributed by atoms with Crippen molar-refractivity contribution >= 4 is 27.7 Å². The minimum Gasteiger partial charge on any atom is -0.351 e. The highest BCUT2D eigenvalue weighted by molar-refractivity contribution is 7.99. The summed E-state index contributed by atoms with van der Waals surface area (Å²) in [4.78, 5) is 17.1. The second-order valence-corrected chi connectivity index (χ2v) is 10.6. The van der Waals surface area contributed by atoms with Crippen molar-refractivity contribution in [1.29, 1.82) is 0 Å². The average molecular weight is 452 g/mol. The zero-order valence-corrected chi connectivity index (χ0v) is 18.7. The van der Waals surface area contributed by atoms with Gasteiger partial charge in [0.1, 0.15) is 11.9 Å². The van der Waals surface area contributed by atoms with Gasteiger partial charge in [-0.25, -0.2) is 17.8 Å². The number of nitrogens with zero attached hydrogens (tertiary/aromatic N) is 2. The van der Waals surface area contributed by atoms with Crippen molar-refractivity contribution in [2.75, 3.05) is 12.3 Å². The molecule has 162 valence electrons. The van der Waals surface area contributed by atoms with Gasteiger partial charge >= 0.3 is 0 Å². The summed E-state index contributed by atoms with van der Waals surface area (Å²) in [6, 6.07) is 7.68. The normalized spacial score (nSPS) is 17.4. The summed E-state index contributed by atoms with van der Waals surface area (Å²) in [6.45, 7) is 4.86. The molecule has 1 fully saturated rings. The number of halogens is 1. The molecule has 1 aromatic heterocycles. The summed E-state index contributed by atoms with van der Waals surface area (Å²) in [6.07, 6.45) is 2.77. The number of carbonyl (C=O) groups is 1. The van der Waals surface area contributed by atoms with Crippen LogP contribution in [0, 0.1) is 11.7 Å². The first-order chi connectivity index (χ1) is 14.3. The zero-order chi connectivity index (χ0) is 21.7. The van der Waals surface area contributed by atoms with Gasteiger partial charge in [-0.2, -0.15) is 4.31 Å². The molecule has 3 rings (SSSR count). The smallest absolute Gasteiger partial charge is 0.243 e. The number of nitrogens with one attached hydrogen (secondary N) is 1. The molecule has 1 aromatic carbocycles. The number of sulfonamides is 1. The highest BCUT2D eigenvalue weighted by Crippen LogP contribution is 2.26. The number of benzene rings is 1. The van der Waals surface area contributed by atoms with E-state index in [0.717, 1.165) is 28.5 Å². The number of hydrogen-bond donors (Lipinski definition) is 1. The van der Waals surface area contributed by atoms with E-state index in [1.165, 1.54) is 16.4 Å². The molecule has 0 saturated carbocycles. The minimum atomic E-state index is -3.86. The van der Waals surface area contributed by atoms with Gasteiger partial charge < -0.3 is 5.32 Å². The molecule has 1 unspecified atom stereocenters. The molecular formula is C21H26FN3O3S2. The van der Waals surface area contributed by atoms with Crippen LogP contribution in [0.4, 0.5) is 4.39 Å². The van der Waals surface area contributed by atoms with Crippen LogP contribution in [0.15, 0.2) is 52.5 Å². The van der Waals surface area contributed by atoms with Gasteiger partial charge in [-0.3, -0.25) is 4.79 Å². The monoisotopic (exact) mass is 451 g/mol. The molecule has 2 aromatic rings. The van der Waals surface area contributed by atoms with E-state index in [2.05, 4.69) is 24.1 Å². The minimum absolute atomic E-state index is 0.00967. The molecule has 2 heterocycles. The fraction of sp³-hybridized carbons (Fsp3) is 0.429. The molecule has 0 aliphatic carbocycles. The Labute approximate surface area is 181 Å². The predicted octanol–water partition coefficient (Wildman–Crippen LogP) is 3.44. The SMILES string of the molecule is CC(C)CSc1cc(CNC(=O)C2CCCN2S(=O)(=O)c2ccc(F)cc2)ccn1. The molecule has 30 heavy (non-hydrogen) atoms. The number of carbonyl (C=O) groups excluding carboxylic acids is 1. The summed E-state index contributed by atoms with van der Waals surface area (Å²) in [5.41, 5.74) is 0.913. The molecule has 0 spiro atoms. The third kappa shape index (κ3) is 5.59. The van der Waals surface area contributed by atoms with Gasteiger partial charge in [0.25, 0.3) is 0 Å². The van der Waals surface area contributed by atoms with Gasteiger partial charge in [0.05, 0.1) is 9.92 Å². The summed E-state index contributed by atoms with van der Waals surface area (Å²) in [5, 5.41) is 3.75. The van der Waals surface area contributed by atoms with Crippen LogP contribution in [-0.2, 0) is 21.4 Å². The number of thioether (sulfide) groups is 1. The summed E-state index contributed by atoms with van der Waals surface area (Å²) >= 11 is 1.67. The van der Waals surface area contributed by atoms with Crippen LogP contribution in [0.2, 0.25) is 0 Å². The zero-order valence-electron chi connectivity index (χ0n) is 17.0. The lowest BCUT2D eigenvalue weighted by atomic mass is 10.2. The van der Waals surface area contributed by atoms with Crippen LogP contribution < -0.4 is 5.32 Å².